The predicted octanol–water partition coefficient (Wildman–Crippen LogP) is 0.651. The van der Waals surface area contributed by atoms with E-state index in [1.807, 2.05) is 6.92 Å². The molecule has 0 radical (unpaired) electrons. The van der Waals surface area contributed by atoms with Crippen molar-refractivity contribution in [1.29, 1.82) is 0 Å². The van der Waals surface area contributed by atoms with Crippen LogP contribution in [-0.2, 0) is 4.74 Å². The van der Waals surface area contributed by atoms with Crippen LogP contribution in [0.1, 0.15) is 13.8 Å². The molecule has 1 rings (SSSR count). The van der Waals surface area contributed by atoms with Gasteiger partial charge < -0.3 is 9.84 Å². The van der Waals surface area contributed by atoms with Crippen molar-refractivity contribution in [3.8, 4) is 12.3 Å². The van der Waals surface area contributed by atoms with E-state index in [0.717, 1.165) is 0 Å². The highest BCUT2D eigenvalue weighted by Gasteiger charge is 2.37. The van der Waals surface area contributed by atoms with E-state index < -0.39 is 0 Å². The zero-order valence-corrected chi connectivity index (χ0v) is 6.95. The molecule has 0 aromatic rings. The molecule has 1 heterocycles. The smallest absolute Gasteiger partial charge is 0.0949 e. The van der Waals surface area contributed by atoms with Gasteiger partial charge in [-0.05, 0) is 12.8 Å². The van der Waals surface area contributed by atoms with Gasteiger partial charge in [0, 0.05) is 0 Å². The summed E-state index contributed by atoms with van der Waals surface area (Å²) in [7, 11) is 0. The minimum Gasteiger partial charge on any atom is -0.394 e. The monoisotopic (exact) mass is 154 g/mol. The molecular weight excluding hydrogens is 140 g/mol. The summed E-state index contributed by atoms with van der Waals surface area (Å²) in [6, 6.07) is 0. The maximum absolute atomic E-state index is 8.88. The topological polar surface area (TPSA) is 29.5 Å². The van der Waals surface area contributed by atoms with Crippen LogP contribution in [-0.4, -0.2) is 23.9 Å². The van der Waals surface area contributed by atoms with Gasteiger partial charge in [0.15, 0.2) is 0 Å². The SMILES string of the molecule is C#C[C@@H]1[C@H](C)[C@H](C)O[C@@H]1CO. The van der Waals surface area contributed by atoms with Crippen LogP contribution in [0.3, 0.4) is 0 Å². The minimum absolute atomic E-state index is 0.0313. The summed E-state index contributed by atoms with van der Waals surface area (Å²) in [5.41, 5.74) is 0. The number of aliphatic hydroxyl groups excluding tert-OH is 1. The third-order valence-corrected chi connectivity index (χ3v) is 2.47. The molecule has 1 aliphatic rings. The zero-order valence-electron chi connectivity index (χ0n) is 6.95. The van der Waals surface area contributed by atoms with E-state index in [4.69, 9.17) is 16.3 Å². The number of ether oxygens (including phenoxy) is 1. The molecular formula is C9H14O2. The number of terminal acetylenes is 1. The van der Waals surface area contributed by atoms with Gasteiger partial charge in [0.1, 0.15) is 0 Å². The van der Waals surface area contributed by atoms with Crippen LogP contribution in [0.2, 0.25) is 0 Å². The van der Waals surface area contributed by atoms with Crippen molar-refractivity contribution < 1.29 is 9.84 Å². The van der Waals surface area contributed by atoms with Crippen LogP contribution >= 0.6 is 0 Å². The Labute approximate surface area is 67.6 Å². The molecule has 1 N–H and O–H groups in total. The second kappa shape index (κ2) is 3.25. The Morgan fingerprint density at radius 1 is 1.55 bits per heavy atom. The molecule has 0 aromatic carbocycles. The number of aliphatic hydroxyl groups is 1. The van der Waals surface area contributed by atoms with Gasteiger partial charge in [0.05, 0.1) is 24.7 Å². The first-order chi connectivity index (χ1) is 5.20. The second-order valence-electron chi connectivity index (χ2n) is 3.11. The lowest BCUT2D eigenvalue weighted by Gasteiger charge is -2.11. The van der Waals surface area contributed by atoms with Crippen LogP contribution in [0.15, 0.2) is 0 Å². The van der Waals surface area contributed by atoms with Gasteiger partial charge in [-0.15, -0.1) is 12.3 Å². The molecule has 0 unspecified atom stereocenters. The van der Waals surface area contributed by atoms with E-state index in [2.05, 4.69) is 12.8 Å². The van der Waals surface area contributed by atoms with E-state index in [1.165, 1.54) is 0 Å². The van der Waals surface area contributed by atoms with Crippen molar-refractivity contribution >= 4 is 0 Å². The van der Waals surface area contributed by atoms with E-state index >= 15 is 0 Å². The summed E-state index contributed by atoms with van der Waals surface area (Å²) >= 11 is 0. The summed E-state index contributed by atoms with van der Waals surface area (Å²) < 4.78 is 5.43. The molecule has 62 valence electrons. The molecule has 0 spiro atoms. The van der Waals surface area contributed by atoms with E-state index in [0.29, 0.717) is 5.92 Å². The normalized spacial score (nSPS) is 43.8. The highest BCUT2D eigenvalue weighted by molar-refractivity contribution is 5.04. The summed E-state index contributed by atoms with van der Waals surface area (Å²) in [6.45, 7) is 4.08. The van der Waals surface area contributed by atoms with Gasteiger partial charge in [-0.3, -0.25) is 0 Å². The van der Waals surface area contributed by atoms with Gasteiger partial charge in [-0.2, -0.15) is 0 Å². The fourth-order valence-electron chi connectivity index (χ4n) is 1.53. The van der Waals surface area contributed by atoms with Crippen LogP contribution in [0, 0.1) is 24.2 Å². The molecule has 0 aromatic heterocycles. The van der Waals surface area contributed by atoms with Crippen molar-refractivity contribution in [1.82, 2.24) is 0 Å². The van der Waals surface area contributed by atoms with Crippen molar-refractivity contribution in [2.75, 3.05) is 6.61 Å². The summed E-state index contributed by atoms with van der Waals surface area (Å²) in [5.74, 6) is 3.10. The molecule has 1 saturated heterocycles. The minimum atomic E-state index is -0.148. The summed E-state index contributed by atoms with van der Waals surface area (Å²) in [6.07, 6.45) is 5.34. The molecule has 0 amide bonds. The Hall–Kier alpha value is -0.520. The van der Waals surface area contributed by atoms with Gasteiger partial charge in [0.2, 0.25) is 0 Å². The first kappa shape index (κ1) is 8.58. The van der Waals surface area contributed by atoms with Gasteiger partial charge in [-0.1, -0.05) is 6.92 Å². The van der Waals surface area contributed by atoms with Gasteiger partial charge >= 0.3 is 0 Å². The fourth-order valence-corrected chi connectivity index (χ4v) is 1.53. The van der Waals surface area contributed by atoms with Crippen LogP contribution in [0.25, 0.3) is 0 Å². The Kier molecular flexibility index (Phi) is 2.53. The van der Waals surface area contributed by atoms with Crippen molar-refractivity contribution in [3.63, 3.8) is 0 Å². The van der Waals surface area contributed by atoms with Crippen LogP contribution < -0.4 is 0 Å². The quantitative estimate of drug-likeness (QED) is 0.562. The Balaban J connectivity index is 2.66. The second-order valence-corrected chi connectivity index (χ2v) is 3.11. The molecule has 11 heavy (non-hydrogen) atoms. The highest BCUT2D eigenvalue weighted by atomic mass is 16.5. The lowest BCUT2D eigenvalue weighted by molar-refractivity contribution is 0.00972. The molecule has 4 atom stereocenters. The standard InChI is InChI=1S/C9H14O2/c1-4-8-6(2)7(3)11-9(8)5-10/h1,6-10H,5H2,2-3H3/t6-,7+,8-,9-/m1/s1. The lowest BCUT2D eigenvalue weighted by Crippen LogP contribution is -2.21. The first-order valence-electron chi connectivity index (χ1n) is 3.93. The maximum Gasteiger partial charge on any atom is 0.0949 e. The molecule has 0 saturated carbocycles. The van der Waals surface area contributed by atoms with Crippen LogP contribution in [0.4, 0.5) is 0 Å². The summed E-state index contributed by atoms with van der Waals surface area (Å²) in [4.78, 5) is 0. The summed E-state index contributed by atoms with van der Waals surface area (Å²) in [5, 5.41) is 8.88. The number of hydrogen-bond donors (Lipinski definition) is 1. The number of hydrogen-bond acceptors (Lipinski definition) is 2. The van der Waals surface area contributed by atoms with E-state index in [1.54, 1.807) is 0 Å². The van der Waals surface area contributed by atoms with Crippen molar-refractivity contribution in [2.45, 2.75) is 26.1 Å². The average molecular weight is 154 g/mol. The molecule has 1 aliphatic heterocycles. The zero-order chi connectivity index (χ0) is 8.43. The third kappa shape index (κ3) is 1.40. The van der Waals surface area contributed by atoms with Crippen molar-refractivity contribution in [2.24, 2.45) is 11.8 Å². The number of rotatable bonds is 1. The van der Waals surface area contributed by atoms with Crippen LogP contribution in [0.5, 0.6) is 0 Å². The van der Waals surface area contributed by atoms with Gasteiger partial charge in [-0.25, -0.2) is 0 Å². The largest absolute Gasteiger partial charge is 0.394 e. The van der Waals surface area contributed by atoms with E-state index in [9.17, 15) is 0 Å². The predicted molar refractivity (Wildman–Crippen MR) is 42.9 cm³/mol. The maximum atomic E-state index is 8.88. The molecule has 2 nitrogen and oxygen atoms in total. The average Bonchev–Trinajstić information content (AvgIpc) is 2.28. The third-order valence-electron chi connectivity index (χ3n) is 2.47. The molecule has 0 bridgehead atoms. The molecule has 2 heteroatoms. The van der Waals surface area contributed by atoms with Crippen molar-refractivity contribution in [3.05, 3.63) is 0 Å². The lowest BCUT2D eigenvalue weighted by atomic mass is 9.90. The van der Waals surface area contributed by atoms with Gasteiger partial charge in [0.25, 0.3) is 0 Å². The molecule has 0 aliphatic carbocycles. The Bertz CT molecular complexity index is 171. The van der Waals surface area contributed by atoms with E-state index in [-0.39, 0.29) is 24.7 Å². The first-order valence-corrected chi connectivity index (χ1v) is 3.93. The Morgan fingerprint density at radius 3 is 2.55 bits per heavy atom. The fraction of sp³-hybridized carbons (Fsp3) is 0.778. The highest BCUT2D eigenvalue weighted by Crippen LogP contribution is 2.31. The Morgan fingerprint density at radius 2 is 2.18 bits per heavy atom. The molecule has 1 fully saturated rings.